The summed E-state index contributed by atoms with van der Waals surface area (Å²) in [6, 6.07) is 5.70. The van der Waals surface area contributed by atoms with Crippen LogP contribution >= 0.6 is 12.2 Å². The maximum absolute atomic E-state index is 5.27. The monoisotopic (exact) mass is 287 g/mol. The van der Waals surface area contributed by atoms with Crippen molar-refractivity contribution in [2.45, 2.75) is 13.0 Å². The summed E-state index contributed by atoms with van der Waals surface area (Å²) in [6.07, 6.45) is 4.15. The zero-order valence-corrected chi connectivity index (χ0v) is 11.7. The molecule has 0 unspecified atom stereocenters. The Hall–Kier alpha value is -2.35. The number of nitrogens with zero attached hydrogens (tertiary/aromatic N) is 6. The van der Waals surface area contributed by atoms with Crippen LogP contribution in [0.25, 0.3) is 11.5 Å². The molecule has 3 aromatic rings. The van der Waals surface area contributed by atoms with Crippen molar-refractivity contribution < 1.29 is 0 Å². The molecule has 3 aromatic heterocycles. The summed E-state index contributed by atoms with van der Waals surface area (Å²) < 4.78 is 4.39. The Morgan fingerprint density at radius 1 is 1.35 bits per heavy atom. The molecule has 1 N–H and O–H groups in total. The lowest BCUT2D eigenvalue weighted by Gasteiger charge is -2.05. The highest BCUT2D eigenvalue weighted by Gasteiger charge is 2.10. The molecule has 3 heterocycles. The number of pyridine rings is 1. The molecular weight excluding hydrogens is 274 g/mol. The predicted molar refractivity (Wildman–Crippen MR) is 75.3 cm³/mol. The molecule has 8 heteroatoms. The fraction of sp³-hybridized carbons (Fsp3) is 0.250. The van der Waals surface area contributed by atoms with Gasteiger partial charge in [-0.1, -0.05) is 6.07 Å². The first-order chi connectivity index (χ1) is 9.75. The minimum atomic E-state index is 0.577. The van der Waals surface area contributed by atoms with Gasteiger partial charge in [0, 0.05) is 26.2 Å². The van der Waals surface area contributed by atoms with Crippen molar-refractivity contribution in [3.8, 4) is 11.5 Å². The van der Waals surface area contributed by atoms with Gasteiger partial charge < -0.3 is 4.57 Å². The van der Waals surface area contributed by atoms with Gasteiger partial charge in [0.25, 0.3) is 0 Å². The van der Waals surface area contributed by atoms with E-state index < -0.39 is 0 Å². The van der Waals surface area contributed by atoms with Crippen LogP contribution in [-0.4, -0.2) is 34.5 Å². The molecule has 7 nitrogen and oxygen atoms in total. The molecule has 0 saturated carbocycles. The van der Waals surface area contributed by atoms with Gasteiger partial charge in [0.2, 0.25) is 0 Å². The summed E-state index contributed by atoms with van der Waals surface area (Å²) in [5.41, 5.74) is 0.790. The Labute approximate surface area is 120 Å². The molecule has 0 bridgehead atoms. The largest absolute Gasteiger partial charge is 0.321 e. The highest BCUT2D eigenvalue weighted by Crippen LogP contribution is 2.14. The van der Waals surface area contributed by atoms with E-state index in [1.165, 1.54) is 0 Å². The molecule has 0 amide bonds. The molecule has 0 radical (unpaired) electrons. The molecule has 0 saturated heterocycles. The van der Waals surface area contributed by atoms with Gasteiger partial charge >= 0.3 is 0 Å². The van der Waals surface area contributed by atoms with Gasteiger partial charge in [-0.2, -0.15) is 5.10 Å². The minimum absolute atomic E-state index is 0.577. The van der Waals surface area contributed by atoms with E-state index >= 15 is 0 Å². The maximum Gasteiger partial charge on any atom is 0.195 e. The first-order valence-electron chi connectivity index (χ1n) is 6.15. The highest BCUT2D eigenvalue weighted by atomic mass is 32.1. The third kappa shape index (κ3) is 2.37. The van der Waals surface area contributed by atoms with Crippen molar-refractivity contribution >= 4 is 12.2 Å². The third-order valence-electron chi connectivity index (χ3n) is 3.02. The maximum atomic E-state index is 5.27. The van der Waals surface area contributed by atoms with Gasteiger partial charge in [0.05, 0.1) is 0 Å². The van der Waals surface area contributed by atoms with Crippen molar-refractivity contribution in [2.75, 3.05) is 0 Å². The lowest BCUT2D eigenvalue weighted by atomic mass is 10.3. The SMILES string of the molecule is Cn1cnnc1CCn1c(-c2ccccn2)n[nH]c1=S. The van der Waals surface area contributed by atoms with Crippen molar-refractivity contribution in [3.63, 3.8) is 0 Å². The van der Waals surface area contributed by atoms with Gasteiger partial charge in [-0.3, -0.25) is 14.6 Å². The van der Waals surface area contributed by atoms with Crippen LogP contribution in [0, 0.1) is 4.77 Å². The van der Waals surface area contributed by atoms with E-state index in [0.717, 1.165) is 23.8 Å². The Balaban J connectivity index is 1.89. The minimum Gasteiger partial charge on any atom is -0.321 e. The van der Waals surface area contributed by atoms with Gasteiger partial charge in [0.1, 0.15) is 17.8 Å². The van der Waals surface area contributed by atoms with Gasteiger partial charge in [-0.25, -0.2) is 0 Å². The Bertz CT molecular complexity index is 755. The second kappa shape index (κ2) is 5.33. The third-order valence-corrected chi connectivity index (χ3v) is 3.33. The summed E-state index contributed by atoms with van der Waals surface area (Å²) in [6.45, 7) is 0.674. The molecule has 0 spiro atoms. The van der Waals surface area contributed by atoms with Gasteiger partial charge in [-0.15, -0.1) is 10.2 Å². The van der Waals surface area contributed by atoms with E-state index in [-0.39, 0.29) is 0 Å². The van der Waals surface area contributed by atoms with Crippen LogP contribution in [0.5, 0.6) is 0 Å². The lowest BCUT2D eigenvalue weighted by Crippen LogP contribution is -2.07. The second-order valence-electron chi connectivity index (χ2n) is 4.33. The highest BCUT2D eigenvalue weighted by molar-refractivity contribution is 7.71. The van der Waals surface area contributed by atoms with Crippen molar-refractivity contribution in [1.82, 2.24) is 34.5 Å². The number of aromatic nitrogens is 7. The van der Waals surface area contributed by atoms with Crippen LogP contribution in [-0.2, 0) is 20.0 Å². The number of nitrogens with one attached hydrogen (secondary N) is 1. The van der Waals surface area contributed by atoms with Crippen LogP contribution in [0.2, 0.25) is 0 Å². The summed E-state index contributed by atoms with van der Waals surface area (Å²) in [4.78, 5) is 4.30. The second-order valence-corrected chi connectivity index (χ2v) is 4.71. The molecular formula is C12H13N7S. The average Bonchev–Trinajstić information content (AvgIpc) is 3.04. The van der Waals surface area contributed by atoms with E-state index in [0.29, 0.717) is 11.3 Å². The summed E-state index contributed by atoms with van der Waals surface area (Å²) in [5, 5.41) is 15.0. The zero-order chi connectivity index (χ0) is 13.9. The van der Waals surface area contributed by atoms with E-state index in [1.54, 1.807) is 12.5 Å². The van der Waals surface area contributed by atoms with Crippen LogP contribution < -0.4 is 0 Å². The summed E-state index contributed by atoms with van der Waals surface area (Å²) in [5.74, 6) is 1.64. The van der Waals surface area contributed by atoms with Crippen molar-refractivity contribution in [3.05, 3.63) is 41.3 Å². The molecule has 3 rings (SSSR count). The van der Waals surface area contributed by atoms with Crippen LogP contribution in [0.15, 0.2) is 30.7 Å². The molecule has 0 aromatic carbocycles. The van der Waals surface area contributed by atoms with Crippen molar-refractivity contribution in [1.29, 1.82) is 0 Å². The number of hydrogen-bond donors (Lipinski definition) is 1. The Kier molecular flexibility index (Phi) is 3.38. The molecule has 0 aliphatic heterocycles. The van der Waals surface area contributed by atoms with E-state index in [1.807, 2.05) is 34.4 Å². The van der Waals surface area contributed by atoms with E-state index in [2.05, 4.69) is 25.4 Å². The normalized spacial score (nSPS) is 10.8. The van der Waals surface area contributed by atoms with Gasteiger partial charge in [-0.05, 0) is 24.4 Å². The van der Waals surface area contributed by atoms with E-state index in [9.17, 15) is 0 Å². The van der Waals surface area contributed by atoms with Crippen LogP contribution in [0.1, 0.15) is 5.82 Å². The number of rotatable bonds is 4. The number of aryl methyl sites for hydroxylation is 2. The smallest absolute Gasteiger partial charge is 0.195 e. The lowest BCUT2D eigenvalue weighted by molar-refractivity contribution is 0.645. The fourth-order valence-electron chi connectivity index (χ4n) is 1.96. The van der Waals surface area contributed by atoms with Crippen molar-refractivity contribution in [2.24, 2.45) is 7.05 Å². The molecule has 0 fully saturated rings. The molecule has 0 aliphatic rings. The molecule has 102 valence electrons. The fourth-order valence-corrected chi connectivity index (χ4v) is 2.18. The average molecular weight is 287 g/mol. The summed E-state index contributed by atoms with van der Waals surface area (Å²) >= 11 is 5.27. The van der Waals surface area contributed by atoms with Crippen LogP contribution in [0.4, 0.5) is 0 Å². The quantitative estimate of drug-likeness (QED) is 0.733. The van der Waals surface area contributed by atoms with Crippen LogP contribution in [0.3, 0.4) is 0 Å². The van der Waals surface area contributed by atoms with E-state index in [4.69, 9.17) is 12.2 Å². The summed E-state index contributed by atoms with van der Waals surface area (Å²) in [7, 11) is 1.92. The predicted octanol–water partition coefficient (Wildman–Crippen LogP) is 1.37. The molecule has 0 atom stereocenters. The first kappa shape index (κ1) is 12.7. The topological polar surface area (TPSA) is 77.2 Å². The number of aromatic amines is 1. The Morgan fingerprint density at radius 3 is 2.95 bits per heavy atom. The molecule has 0 aliphatic carbocycles. The standard InChI is InChI=1S/C12H13N7S/c1-18-8-14-15-10(18)5-7-19-11(16-17-12(19)20)9-4-2-3-6-13-9/h2-4,6,8H,5,7H2,1H3,(H,17,20). The number of H-pyrrole nitrogens is 1. The van der Waals surface area contributed by atoms with Gasteiger partial charge in [0.15, 0.2) is 10.6 Å². The number of hydrogen-bond acceptors (Lipinski definition) is 5. The molecule has 20 heavy (non-hydrogen) atoms. The first-order valence-corrected chi connectivity index (χ1v) is 6.56. The zero-order valence-electron chi connectivity index (χ0n) is 10.9. The Morgan fingerprint density at radius 2 is 2.25 bits per heavy atom.